The molecule has 1 heterocycles. The summed E-state index contributed by atoms with van der Waals surface area (Å²) in [5.41, 5.74) is 2.36. The molecular weight excluding hydrogens is 196 g/mol. The number of hydrogen-bond acceptors (Lipinski definition) is 4. The van der Waals surface area contributed by atoms with E-state index in [1.54, 1.807) is 7.11 Å². The lowest BCUT2D eigenvalue weighted by atomic mass is 10.0. The van der Waals surface area contributed by atoms with Crippen molar-refractivity contribution < 1.29 is 19.0 Å². The van der Waals surface area contributed by atoms with E-state index in [0.717, 1.165) is 11.1 Å². The van der Waals surface area contributed by atoms with Gasteiger partial charge in [0.25, 0.3) is 0 Å². The van der Waals surface area contributed by atoms with Crippen molar-refractivity contribution in [3.8, 4) is 11.5 Å². The minimum Gasteiger partial charge on any atom is -0.493 e. The molecule has 1 aromatic carbocycles. The molecule has 80 valence electrons. The van der Waals surface area contributed by atoms with Crippen LogP contribution in [0.5, 0.6) is 11.5 Å². The number of methoxy groups -OCH3 is 2. The van der Waals surface area contributed by atoms with Gasteiger partial charge < -0.3 is 14.2 Å². The molecule has 0 amide bonds. The zero-order valence-electron chi connectivity index (χ0n) is 8.92. The lowest BCUT2D eigenvalue weighted by Gasteiger charge is -2.11. The fraction of sp³-hybridized carbons (Fsp3) is 0.364. The van der Waals surface area contributed by atoms with Crippen molar-refractivity contribution >= 4 is 5.97 Å². The number of carbonyl (C=O) groups excluding carboxylic acids is 1. The Kier molecular flexibility index (Phi) is 2.26. The molecule has 1 aliphatic heterocycles. The van der Waals surface area contributed by atoms with Gasteiger partial charge >= 0.3 is 5.97 Å². The molecular formula is C11H12O4. The van der Waals surface area contributed by atoms with E-state index in [-0.39, 0.29) is 5.97 Å². The van der Waals surface area contributed by atoms with E-state index in [9.17, 15) is 4.79 Å². The number of fused-ring (bicyclic) bond motifs is 1. The highest BCUT2D eigenvalue weighted by Gasteiger charge is 2.29. The summed E-state index contributed by atoms with van der Waals surface area (Å²) in [5, 5.41) is 0. The van der Waals surface area contributed by atoms with Crippen molar-refractivity contribution in [1.29, 1.82) is 0 Å². The van der Waals surface area contributed by atoms with Crippen LogP contribution in [0.15, 0.2) is 6.07 Å². The Labute approximate surface area is 87.8 Å². The fourth-order valence-electron chi connectivity index (χ4n) is 1.77. The summed E-state index contributed by atoms with van der Waals surface area (Å²) in [6, 6.07) is 1.85. The number of aryl methyl sites for hydroxylation is 1. The first kappa shape index (κ1) is 9.83. The van der Waals surface area contributed by atoms with Gasteiger partial charge in [0.05, 0.1) is 14.2 Å². The van der Waals surface area contributed by atoms with Crippen molar-refractivity contribution in [3.05, 3.63) is 22.8 Å². The van der Waals surface area contributed by atoms with Gasteiger partial charge in [0.15, 0.2) is 11.5 Å². The van der Waals surface area contributed by atoms with Crippen LogP contribution in [0, 0.1) is 6.92 Å². The summed E-state index contributed by atoms with van der Waals surface area (Å²) in [5.74, 6) is 0.678. The number of cyclic esters (lactones) is 1. The molecule has 0 unspecified atom stereocenters. The van der Waals surface area contributed by atoms with Gasteiger partial charge in [0.1, 0.15) is 12.2 Å². The molecule has 0 aliphatic carbocycles. The van der Waals surface area contributed by atoms with E-state index in [1.807, 2.05) is 13.0 Å². The van der Waals surface area contributed by atoms with Gasteiger partial charge in [-0.1, -0.05) is 0 Å². The van der Waals surface area contributed by atoms with Crippen molar-refractivity contribution in [2.24, 2.45) is 0 Å². The predicted molar refractivity (Wildman–Crippen MR) is 53.4 cm³/mol. The highest BCUT2D eigenvalue weighted by atomic mass is 16.5. The lowest BCUT2D eigenvalue weighted by molar-refractivity contribution is 0.0532. The van der Waals surface area contributed by atoms with E-state index in [2.05, 4.69) is 0 Å². The maximum atomic E-state index is 11.5. The Bertz CT molecular complexity index is 423. The summed E-state index contributed by atoms with van der Waals surface area (Å²) in [7, 11) is 3.06. The number of carbonyl (C=O) groups is 1. The second kappa shape index (κ2) is 3.46. The number of esters is 1. The standard InChI is InChI=1S/C11H12O4/c1-6-4-8(13-2)10(14-3)9-7(6)5-15-11(9)12/h4H,5H2,1-3H3. The average Bonchev–Trinajstić information content (AvgIpc) is 2.61. The van der Waals surface area contributed by atoms with Crippen LogP contribution >= 0.6 is 0 Å². The van der Waals surface area contributed by atoms with Crippen LogP contribution in [-0.2, 0) is 11.3 Å². The first-order valence-electron chi connectivity index (χ1n) is 4.60. The lowest BCUT2D eigenvalue weighted by Crippen LogP contribution is -2.01. The van der Waals surface area contributed by atoms with E-state index in [4.69, 9.17) is 14.2 Å². The third-order valence-corrected chi connectivity index (χ3v) is 2.55. The molecule has 0 radical (unpaired) electrons. The molecule has 0 fully saturated rings. The monoisotopic (exact) mass is 208 g/mol. The third kappa shape index (κ3) is 1.33. The highest BCUT2D eigenvalue weighted by molar-refractivity contribution is 5.97. The quantitative estimate of drug-likeness (QED) is 0.694. The summed E-state index contributed by atoms with van der Waals surface area (Å²) in [6.07, 6.45) is 0. The number of hydrogen-bond donors (Lipinski definition) is 0. The van der Waals surface area contributed by atoms with Crippen LogP contribution in [0.1, 0.15) is 21.5 Å². The van der Waals surface area contributed by atoms with E-state index in [1.165, 1.54) is 7.11 Å². The van der Waals surface area contributed by atoms with E-state index >= 15 is 0 Å². The molecule has 4 heteroatoms. The van der Waals surface area contributed by atoms with E-state index < -0.39 is 0 Å². The normalized spacial score (nSPS) is 13.4. The van der Waals surface area contributed by atoms with Gasteiger partial charge in [0, 0.05) is 5.56 Å². The maximum absolute atomic E-state index is 11.5. The SMILES string of the molecule is COc1cc(C)c2c(c1OC)C(=O)OC2. The zero-order chi connectivity index (χ0) is 11.0. The Balaban J connectivity index is 2.71. The molecule has 2 rings (SSSR count). The molecule has 0 spiro atoms. The van der Waals surface area contributed by atoms with Crippen LogP contribution in [0.4, 0.5) is 0 Å². The molecule has 0 atom stereocenters. The van der Waals surface area contributed by atoms with Crippen molar-refractivity contribution in [3.63, 3.8) is 0 Å². The molecule has 0 saturated carbocycles. The Hall–Kier alpha value is -1.71. The largest absolute Gasteiger partial charge is 0.493 e. The van der Waals surface area contributed by atoms with Gasteiger partial charge in [-0.15, -0.1) is 0 Å². The van der Waals surface area contributed by atoms with Gasteiger partial charge in [-0.05, 0) is 18.6 Å². The van der Waals surface area contributed by atoms with Crippen LogP contribution in [-0.4, -0.2) is 20.2 Å². The minimum absolute atomic E-state index is 0.320. The second-order valence-corrected chi connectivity index (χ2v) is 3.36. The van der Waals surface area contributed by atoms with Gasteiger partial charge in [0.2, 0.25) is 0 Å². The summed E-state index contributed by atoms with van der Waals surface area (Å²) >= 11 is 0. The van der Waals surface area contributed by atoms with Gasteiger partial charge in [-0.25, -0.2) is 4.79 Å². The zero-order valence-corrected chi connectivity index (χ0v) is 8.92. The van der Waals surface area contributed by atoms with Crippen molar-refractivity contribution in [1.82, 2.24) is 0 Å². The van der Waals surface area contributed by atoms with Crippen molar-refractivity contribution in [2.45, 2.75) is 13.5 Å². The predicted octanol–water partition coefficient (Wildman–Crippen LogP) is 1.68. The number of ether oxygens (including phenoxy) is 3. The summed E-state index contributed by atoms with van der Waals surface area (Å²) < 4.78 is 15.3. The van der Waals surface area contributed by atoms with Gasteiger partial charge in [-0.2, -0.15) is 0 Å². The number of rotatable bonds is 2. The maximum Gasteiger partial charge on any atom is 0.342 e. The Morgan fingerprint density at radius 1 is 1.33 bits per heavy atom. The number of benzene rings is 1. The van der Waals surface area contributed by atoms with Crippen molar-refractivity contribution in [2.75, 3.05) is 14.2 Å². The average molecular weight is 208 g/mol. The van der Waals surface area contributed by atoms with E-state index in [0.29, 0.717) is 23.7 Å². The topological polar surface area (TPSA) is 44.8 Å². The smallest absolute Gasteiger partial charge is 0.342 e. The van der Waals surface area contributed by atoms with Gasteiger partial charge in [-0.3, -0.25) is 0 Å². The molecule has 1 aromatic rings. The third-order valence-electron chi connectivity index (χ3n) is 2.55. The Morgan fingerprint density at radius 3 is 2.67 bits per heavy atom. The minimum atomic E-state index is -0.344. The highest BCUT2D eigenvalue weighted by Crippen LogP contribution is 2.39. The summed E-state index contributed by atoms with van der Waals surface area (Å²) in [4.78, 5) is 11.5. The molecule has 0 saturated heterocycles. The van der Waals surface area contributed by atoms with Crippen LogP contribution in [0.3, 0.4) is 0 Å². The van der Waals surface area contributed by atoms with Crippen LogP contribution in [0.25, 0.3) is 0 Å². The Morgan fingerprint density at radius 2 is 2.07 bits per heavy atom. The molecule has 0 bridgehead atoms. The first-order valence-corrected chi connectivity index (χ1v) is 4.60. The first-order chi connectivity index (χ1) is 7.19. The molecule has 1 aliphatic rings. The fourth-order valence-corrected chi connectivity index (χ4v) is 1.77. The molecule has 15 heavy (non-hydrogen) atoms. The van der Waals surface area contributed by atoms with Crippen LogP contribution in [0.2, 0.25) is 0 Å². The van der Waals surface area contributed by atoms with Crippen LogP contribution < -0.4 is 9.47 Å². The molecule has 0 N–H and O–H groups in total. The molecule has 4 nitrogen and oxygen atoms in total. The summed E-state index contributed by atoms with van der Waals surface area (Å²) in [6.45, 7) is 2.24. The second-order valence-electron chi connectivity index (χ2n) is 3.36. The molecule has 0 aromatic heterocycles.